The molecule has 2 heteroatoms. The average Bonchev–Trinajstić information content (AvgIpc) is 2.40. The van der Waals surface area contributed by atoms with Crippen molar-refractivity contribution in [3.8, 4) is 0 Å². The third kappa shape index (κ3) is 5.76. The van der Waals surface area contributed by atoms with Crippen molar-refractivity contribution in [1.82, 2.24) is 4.90 Å². The summed E-state index contributed by atoms with van der Waals surface area (Å²) >= 11 is 0. The predicted molar refractivity (Wildman–Crippen MR) is 43.1 cm³/mol. The van der Waals surface area contributed by atoms with Crippen LogP contribution in [0.3, 0.4) is 0 Å². The van der Waals surface area contributed by atoms with Crippen molar-refractivity contribution in [2.75, 3.05) is 20.1 Å². The Hall–Kier alpha value is -0.370. The van der Waals surface area contributed by atoms with E-state index in [2.05, 4.69) is 11.9 Å². The zero-order valence-electron chi connectivity index (χ0n) is 6.97. The van der Waals surface area contributed by atoms with E-state index in [9.17, 15) is 4.79 Å². The van der Waals surface area contributed by atoms with E-state index >= 15 is 0 Å². The third-order valence-corrected chi connectivity index (χ3v) is 1.50. The summed E-state index contributed by atoms with van der Waals surface area (Å²) in [6.45, 7) is 4.45. The molecule has 1 heterocycles. The van der Waals surface area contributed by atoms with E-state index < -0.39 is 0 Å². The summed E-state index contributed by atoms with van der Waals surface area (Å²) in [4.78, 5) is 11.5. The summed E-state index contributed by atoms with van der Waals surface area (Å²) in [6.07, 6.45) is 4.34. The van der Waals surface area contributed by atoms with Crippen molar-refractivity contribution in [2.24, 2.45) is 0 Å². The first kappa shape index (κ1) is 9.63. The van der Waals surface area contributed by atoms with Gasteiger partial charge in [-0.05, 0) is 33.0 Å². The van der Waals surface area contributed by atoms with Crippen LogP contribution in [0.2, 0.25) is 0 Å². The highest BCUT2D eigenvalue weighted by molar-refractivity contribution is 5.48. The van der Waals surface area contributed by atoms with Crippen LogP contribution in [-0.2, 0) is 4.79 Å². The molecule has 0 saturated carbocycles. The molecule has 60 valence electrons. The van der Waals surface area contributed by atoms with Crippen molar-refractivity contribution in [3.63, 3.8) is 0 Å². The minimum atomic E-state index is 0.639. The number of rotatable bonds is 1. The summed E-state index contributed by atoms with van der Waals surface area (Å²) in [5.74, 6) is 0. The molecule has 1 aliphatic heterocycles. The van der Waals surface area contributed by atoms with Gasteiger partial charge in [-0.2, -0.15) is 0 Å². The zero-order chi connectivity index (χ0) is 7.82. The van der Waals surface area contributed by atoms with Gasteiger partial charge in [0.1, 0.15) is 6.29 Å². The molecule has 0 amide bonds. The molecular weight excluding hydrogens is 126 g/mol. The summed E-state index contributed by atoms with van der Waals surface area (Å²) in [7, 11) is 2.17. The quantitative estimate of drug-likeness (QED) is 0.516. The van der Waals surface area contributed by atoms with E-state index in [0.29, 0.717) is 6.42 Å². The summed E-state index contributed by atoms with van der Waals surface area (Å²) in [5, 5.41) is 0. The Bertz CT molecular complexity index is 77.3. The van der Waals surface area contributed by atoms with Crippen LogP contribution in [0, 0.1) is 0 Å². The lowest BCUT2D eigenvalue weighted by Gasteiger charge is -2.01. The second-order valence-electron chi connectivity index (χ2n) is 2.59. The molecular formula is C8H17NO. The number of aldehydes is 1. The zero-order valence-corrected chi connectivity index (χ0v) is 6.97. The summed E-state index contributed by atoms with van der Waals surface area (Å²) in [6, 6.07) is 0. The molecule has 0 radical (unpaired) electrons. The number of nitrogens with zero attached hydrogens (tertiary/aromatic N) is 1. The molecule has 0 N–H and O–H groups in total. The number of hydrogen-bond donors (Lipinski definition) is 0. The summed E-state index contributed by atoms with van der Waals surface area (Å²) in [5.41, 5.74) is 0. The van der Waals surface area contributed by atoms with Crippen molar-refractivity contribution >= 4 is 6.29 Å². The maximum Gasteiger partial charge on any atom is 0.119 e. The number of carbonyl (C=O) groups is 1. The van der Waals surface area contributed by atoms with Gasteiger partial charge in [0.25, 0.3) is 0 Å². The van der Waals surface area contributed by atoms with Crippen LogP contribution in [0.5, 0.6) is 0 Å². The second kappa shape index (κ2) is 6.75. The molecule has 1 aliphatic rings. The van der Waals surface area contributed by atoms with Crippen LogP contribution in [0.1, 0.15) is 26.2 Å². The normalized spacial score (nSPS) is 17.8. The van der Waals surface area contributed by atoms with Crippen LogP contribution in [0.4, 0.5) is 0 Å². The molecule has 0 atom stereocenters. The Morgan fingerprint density at radius 1 is 1.40 bits per heavy atom. The molecule has 0 aromatic carbocycles. The number of hydrogen-bond acceptors (Lipinski definition) is 2. The van der Waals surface area contributed by atoms with Gasteiger partial charge < -0.3 is 9.69 Å². The van der Waals surface area contributed by atoms with Crippen LogP contribution in [0.25, 0.3) is 0 Å². The maximum absolute atomic E-state index is 9.17. The van der Waals surface area contributed by atoms with Gasteiger partial charge in [0.15, 0.2) is 0 Å². The number of carbonyl (C=O) groups excluding carboxylic acids is 1. The van der Waals surface area contributed by atoms with Gasteiger partial charge in [0.05, 0.1) is 0 Å². The minimum absolute atomic E-state index is 0.639. The van der Waals surface area contributed by atoms with Crippen molar-refractivity contribution < 1.29 is 4.79 Å². The Labute approximate surface area is 63.2 Å². The Morgan fingerprint density at radius 2 is 1.80 bits per heavy atom. The van der Waals surface area contributed by atoms with Crippen molar-refractivity contribution in [2.45, 2.75) is 26.2 Å². The van der Waals surface area contributed by atoms with Gasteiger partial charge in [0.2, 0.25) is 0 Å². The molecule has 1 rings (SSSR count). The van der Waals surface area contributed by atoms with E-state index in [1.165, 1.54) is 25.9 Å². The highest BCUT2D eigenvalue weighted by Gasteiger charge is 2.03. The molecule has 0 spiro atoms. The van der Waals surface area contributed by atoms with Crippen LogP contribution >= 0.6 is 0 Å². The van der Waals surface area contributed by atoms with E-state index in [1.807, 2.05) is 6.92 Å². The molecule has 1 saturated heterocycles. The smallest absolute Gasteiger partial charge is 0.119 e. The molecule has 0 unspecified atom stereocenters. The first-order chi connectivity index (χ1) is 4.81. The van der Waals surface area contributed by atoms with Crippen molar-refractivity contribution in [3.05, 3.63) is 0 Å². The monoisotopic (exact) mass is 143 g/mol. The largest absolute Gasteiger partial charge is 0.306 e. The standard InChI is InChI=1S/C5H11N.C3H6O/c1-6-4-2-3-5-6;1-2-3-4/h2-5H2,1H3;3H,2H2,1H3. The van der Waals surface area contributed by atoms with Gasteiger partial charge in [-0.3, -0.25) is 0 Å². The highest BCUT2D eigenvalue weighted by atomic mass is 16.1. The lowest BCUT2D eigenvalue weighted by Crippen LogP contribution is -2.10. The van der Waals surface area contributed by atoms with Gasteiger partial charge in [-0.25, -0.2) is 0 Å². The van der Waals surface area contributed by atoms with Gasteiger partial charge in [-0.1, -0.05) is 6.92 Å². The lowest BCUT2D eigenvalue weighted by molar-refractivity contribution is -0.107. The molecule has 2 nitrogen and oxygen atoms in total. The van der Waals surface area contributed by atoms with Crippen LogP contribution in [0.15, 0.2) is 0 Å². The van der Waals surface area contributed by atoms with Crippen molar-refractivity contribution in [1.29, 1.82) is 0 Å². The van der Waals surface area contributed by atoms with E-state index in [1.54, 1.807) is 0 Å². The third-order valence-electron chi connectivity index (χ3n) is 1.50. The molecule has 0 bridgehead atoms. The average molecular weight is 143 g/mol. The predicted octanol–water partition coefficient (Wildman–Crippen LogP) is 1.31. The topological polar surface area (TPSA) is 20.3 Å². The van der Waals surface area contributed by atoms with E-state index in [-0.39, 0.29) is 0 Å². The van der Waals surface area contributed by atoms with Gasteiger partial charge in [-0.15, -0.1) is 0 Å². The van der Waals surface area contributed by atoms with Crippen LogP contribution in [-0.4, -0.2) is 31.3 Å². The van der Waals surface area contributed by atoms with Crippen LogP contribution < -0.4 is 0 Å². The Balaban J connectivity index is 0.000000180. The Morgan fingerprint density at radius 3 is 1.90 bits per heavy atom. The van der Waals surface area contributed by atoms with E-state index in [4.69, 9.17) is 0 Å². The molecule has 0 aromatic rings. The fraction of sp³-hybridized carbons (Fsp3) is 0.875. The highest BCUT2D eigenvalue weighted by Crippen LogP contribution is 2.01. The summed E-state index contributed by atoms with van der Waals surface area (Å²) < 4.78 is 0. The minimum Gasteiger partial charge on any atom is -0.306 e. The molecule has 0 aromatic heterocycles. The molecule has 1 fully saturated rings. The number of likely N-dealkylation sites (tertiary alicyclic amines) is 1. The Kier molecular flexibility index (Phi) is 6.50. The maximum atomic E-state index is 9.17. The lowest BCUT2D eigenvalue weighted by atomic mass is 10.4. The SMILES string of the molecule is CCC=O.CN1CCCC1. The van der Waals surface area contributed by atoms with E-state index in [0.717, 1.165) is 6.29 Å². The van der Waals surface area contributed by atoms with Gasteiger partial charge >= 0.3 is 0 Å². The molecule has 10 heavy (non-hydrogen) atoms. The first-order valence-corrected chi connectivity index (χ1v) is 3.93. The van der Waals surface area contributed by atoms with Gasteiger partial charge in [0, 0.05) is 6.42 Å². The molecule has 0 aliphatic carbocycles. The first-order valence-electron chi connectivity index (χ1n) is 3.93. The second-order valence-corrected chi connectivity index (χ2v) is 2.59. The fourth-order valence-corrected chi connectivity index (χ4v) is 0.875. The fourth-order valence-electron chi connectivity index (χ4n) is 0.875.